The molecule has 0 aliphatic heterocycles. The van der Waals surface area contributed by atoms with Gasteiger partial charge in [-0.1, -0.05) is 0 Å². The van der Waals surface area contributed by atoms with Crippen LogP contribution >= 0.6 is 15.2 Å². The van der Waals surface area contributed by atoms with Crippen LogP contribution in [0.2, 0.25) is 0 Å². The Labute approximate surface area is 99.6 Å². The molecule has 0 bridgehead atoms. The second-order valence-electron chi connectivity index (χ2n) is 3.28. The molecule has 0 saturated carbocycles. The van der Waals surface area contributed by atoms with Crippen LogP contribution in [0, 0.1) is 0 Å². The third-order valence-corrected chi connectivity index (χ3v) is 5.59. The standard InChI is InChI=1S/C5H12O11P2/c6-1-2(7)3(8)4(9)5(10,17(11,12)13)18(14,15)16/h2-3,6-8,10H,1H2,(H2,11,12,13)(H2,14,15,16). The molecule has 0 saturated heterocycles. The maximum atomic E-state index is 11.3. The van der Waals surface area contributed by atoms with Gasteiger partial charge in [0.1, 0.15) is 12.2 Å². The summed E-state index contributed by atoms with van der Waals surface area (Å²) in [7, 11) is -12.2. The first kappa shape index (κ1) is 17.8. The number of aliphatic hydroxyl groups excluding tert-OH is 3. The van der Waals surface area contributed by atoms with Gasteiger partial charge in [-0.15, -0.1) is 0 Å². The maximum Gasteiger partial charge on any atom is 0.377 e. The normalized spacial score (nSPS) is 17.3. The average molecular weight is 310 g/mol. The van der Waals surface area contributed by atoms with E-state index in [4.69, 9.17) is 34.9 Å². The Morgan fingerprint density at radius 3 is 1.61 bits per heavy atom. The first-order valence-electron chi connectivity index (χ1n) is 4.15. The van der Waals surface area contributed by atoms with Gasteiger partial charge in [0.15, 0.2) is 0 Å². The number of rotatable bonds is 6. The molecule has 0 amide bonds. The highest BCUT2D eigenvalue weighted by Crippen LogP contribution is 2.68. The monoisotopic (exact) mass is 310 g/mol. The Kier molecular flexibility index (Phi) is 5.38. The second kappa shape index (κ2) is 5.43. The lowest BCUT2D eigenvalue weighted by Crippen LogP contribution is -2.49. The molecule has 0 aliphatic rings. The molecular formula is C5H12O11P2. The minimum Gasteiger partial charge on any atom is -0.394 e. The number of carbonyl (C=O) groups excluding carboxylic acids is 1. The number of aliphatic hydroxyl groups is 4. The molecular weight excluding hydrogens is 298 g/mol. The molecule has 18 heavy (non-hydrogen) atoms. The van der Waals surface area contributed by atoms with Gasteiger partial charge in [0.25, 0.3) is 0 Å². The van der Waals surface area contributed by atoms with Crippen molar-refractivity contribution in [1.29, 1.82) is 0 Å². The molecule has 11 nitrogen and oxygen atoms in total. The summed E-state index contributed by atoms with van der Waals surface area (Å²) in [6, 6.07) is 0. The molecule has 0 fully saturated rings. The fraction of sp³-hybridized carbons (Fsp3) is 0.800. The summed E-state index contributed by atoms with van der Waals surface area (Å²) >= 11 is 0. The molecule has 2 atom stereocenters. The molecule has 2 unspecified atom stereocenters. The van der Waals surface area contributed by atoms with Crippen LogP contribution in [0.1, 0.15) is 0 Å². The van der Waals surface area contributed by atoms with E-state index < -0.39 is 44.9 Å². The highest BCUT2D eigenvalue weighted by atomic mass is 31.2. The van der Waals surface area contributed by atoms with Crippen molar-refractivity contribution in [3.8, 4) is 0 Å². The fourth-order valence-electron chi connectivity index (χ4n) is 0.930. The molecule has 0 rings (SSSR count). The fourth-order valence-corrected chi connectivity index (χ4v) is 3.13. The van der Waals surface area contributed by atoms with E-state index in [1.54, 1.807) is 0 Å². The SMILES string of the molecule is O=C(C(O)C(O)CO)C(O)(P(=O)(O)O)P(=O)(O)O. The Hall–Kier alpha value is -0.190. The summed E-state index contributed by atoms with van der Waals surface area (Å²) < 4.78 is 21.7. The molecule has 0 heterocycles. The molecule has 108 valence electrons. The van der Waals surface area contributed by atoms with Gasteiger partial charge >= 0.3 is 20.3 Å². The van der Waals surface area contributed by atoms with E-state index >= 15 is 0 Å². The first-order chi connectivity index (χ1) is 7.80. The molecule has 8 N–H and O–H groups in total. The largest absolute Gasteiger partial charge is 0.394 e. The second-order valence-corrected chi connectivity index (χ2v) is 7.11. The number of Topliss-reactive ketones (excluding diaryl/α,β-unsaturated/α-hetero) is 1. The Morgan fingerprint density at radius 2 is 1.39 bits per heavy atom. The van der Waals surface area contributed by atoms with Gasteiger partial charge in [0.2, 0.25) is 5.78 Å². The van der Waals surface area contributed by atoms with E-state index in [1.807, 2.05) is 0 Å². The molecule has 0 aromatic heterocycles. The van der Waals surface area contributed by atoms with Crippen LogP contribution in [-0.4, -0.2) is 69.7 Å². The van der Waals surface area contributed by atoms with Crippen molar-refractivity contribution in [3.05, 3.63) is 0 Å². The van der Waals surface area contributed by atoms with E-state index in [9.17, 15) is 19.0 Å². The summed E-state index contributed by atoms with van der Waals surface area (Å²) in [5.41, 5.74) is 0. The quantitative estimate of drug-likeness (QED) is 0.223. The third kappa shape index (κ3) is 3.03. The predicted octanol–water partition coefficient (Wildman–Crippen LogP) is -3.73. The Morgan fingerprint density at radius 1 is 1.06 bits per heavy atom. The Bertz CT molecular complexity index is 384. The molecule has 0 radical (unpaired) electrons. The lowest BCUT2D eigenvalue weighted by atomic mass is 10.1. The van der Waals surface area contributed by atoms with Crippen molar-refractivity contribution < 1.29 is 53.9 Å². The lowest BCUT2D eigenvalue weighted by molar-refractivity contribution is -0.143. The Balaban J connectivity index is 5.74. The summed E-state index contributed by atoms with van der Waals surface area (Å²) in [5, 5.41) is 31.0. The molecule has 13 heteroatoms. The number of ketones is 1. The zero-order valence-corrected chi connectivity index (χ0v) is 10.3. The van der Waals surface area contributed by atoms with E-state index in [0.29, 0.717) is 0 Å². The highest BCUT2D eigenvalue weighted by Gasteiger charge is 2.66. The molecule has 0 aromatic rings. The predicted molar refractivity (Wildman–Crippen MR) is 53.1 cm³/mol. The summed E-state index contributed by atoms with van der Waals surface area (Å²) in [6.07, 6.45) is -5.07. The average Bonchev–Trinajstić information content (AvgIpc) is 2.21. The topological polar surface area (TPSA) is 213 Å². The number of hydrogen-bond donors (Lipinski definition) is 8. The van der Waals surface area contributed by atoms with Gasteiger partial charge in [-0.05, 0) is 0 Å². The van der Waals surface area contributed by atoms with Crippen molar-refractivity contribution in [3.63, 3.8) is 0 Å². The van der Waals surface area contributed by atoms with Gasteiger partial charge in [-0.2, -0.15) is 0 Å². The third-order valence-electron chi connectivity index (χ3n) is 1.96. The van der Waals surface area contributed by atoms with Crippen molar-refractivity contribution in [2.45, 2.75) is 17.3 Å². The first-order valence-corrected chi connectivity index (χ1v) is 7.38. The summed E-state index contributed by atoms with van der Waals surface area (Å²) in [5.74, 6) is -2.40. The van der Waals surface area contributed by atoms with Crippen LogP contribution in [0.4, 0.5) is 0 Å². The van der Waals surface area contributed by atoms with Crippen LogP contribution in [0.15, 0.2) is 0 Å². The molecule has 0 spiro atoms. The lowest BCUT2D eigenvalue weighted by Gasteiger charge is -2.30. The molecule has 0 aliphatic carbocycles. The zero-order valence-electron chi connectivity index (χ0n) is 8.56. The van der Waals surface area contributed by atoms with Gasteiger partial charge in [0.05, 0.1) is 6.61 Å². The minimum absolute atomic E-state index is 1.24. The molecule has 0 aromatic carbocycles. The van der Waals surface area contributed by atoms with Crippen molar-refractivity contribution in [2.75, 3.05) is 6.61 Å². The summed E-state index contributed by atoms with van der Waals surface area (Å²) in [6.45, 7) is -1.24. The van der Waals surface area contributed by atoms with Crippen LogP contribution < -0.4 is 0 Å². The van der Waals surface area contributed by atoms with Gasteiger partial charge < -0.3 is 40.0 Å². The van der Waals surface area contributed by atoms with Crippen LogP contribution in [0.5, 0.6) is 0 Å². The van der Waals surface area contributed by atoms with Crippen molar-refractivity contribution >= 4 is 21.0 Å². The smallest absolute Gasteiger partial charge is 0.377 e. The number of hydrogen-bond acceptors (Lipinski definition) is 7. The zero-order chi connectivity index (χ0) is 14.9. The minimum atomic E-state index is -6.08. The van der Waals surface area contributed by atoms with Gasteiger partial charge in [0, 0.05) is 0 Å². The van der Waals surface area contributed by atoms with E-state index in [-0.39, 0.29) is 0 Å². The van der Waals surface area contributed by atoms with Gasteiger partial charge in [-0.3, -0.25) is 13.9 Å². The maximum absolute atomic E-state index is 11.3. The van der Waals surface area contributed by atoms with E-state index in [1.165, 1.54) is 0 Å². The van der Waals surface area contributed by atoms with Crippen LogP contribution in [-0.2, 0) is 13.9 Å². The number of carbonyl (C=O) groups is 1. The van der Waals surface area contributed by atoms with Crippen LogP contribution in [0.25, 0.3) is 0 Å². The van der Waals surface area contributed by atoms with E-state index in [2.05, 4.69) is 0 Å². The van der Waals surface area contributed by atoms with Crippen LogP contribution in [0.3, 0.4) is 0 Å². The van der Waals surface area contributed by atoms with Gasteiger partial charge in [-0.25, -0.2) is 0 Å². The van der Waals surface area contributed by atoms with E-state index in [0.717, 1.165) is 0 Å². The highest BCUT2D eigenvalue weighted by molar-refractivity contribution is 7.73. The van der Waals surface area contributed by atoms with Crippen molar-refractivity contribution in [2.24, 2.45) is 0 Å². The summed E-state index contributed by atoms with van der Waals surface area (Å²) in [4.78, 5) is 45.9. The van der Waals surface area contributed by atoms with Crippen molar-refractivity contribution in [1.82, 2.24) is 0 Å².